The summed E-state index contributed by atoms with van der Waals surface area (Å²) in [4.78, 5) is 0. The van der Waals surface area contributed by atoms with Crippen molar-refractivity contribution in [3.63, 3.8) is 0 Å². The van der Waals surface area contributed by atoms with Crippen molar-refractivity contribution in [2.24, 2.45) is 5.73 Å². The number of nitrogens with two attached hydrogens (primary N) is 1. The average Bonchev–Trinajstić information content (AvgIpc) is 2.60. The Morgan fingerprint density at radius 2 is 1.88 bits per heavy atom. The quantitative estimate of drug-likeness (QED) is 0.797. The number of aryl methyl sites for hydroxylation is 1. The molecule has 3 N–H and O–H groups in total. The first kappa shape index (κ1) is 11.2. The third kappa shape index (κ3) is 1.86. The van der Waals surface area contributed by atoms with Crippen molar-refractivity contribution in [2.75, 3.05) is 6.79 Å². The largest absolute Gasteiger partial charge is 0.454 e. The first-order valence-electron chi connectivity index (χ1n) is 5.27. The van der Waals surface area contributed by atoms with Crippen LogP contribution in [0.5, 0.6) is 11.5 Å². The molecule has 0 saturated heterocycles. The van der Waals surface area contributed by atoms with E-state index in [0.29, 0.717) is 5.75 Å². The molecule has 1 unspecified atom stereocenters. The summed E-state index contributed by atoms with van der Waals surface area (Å²) in [5.74, 6) is 1.43. The number of fused-ring (bicyclic) bond motifs is 1. The van der Waals surface area contributed by atoms with Gasteiger partial charge in [-0.2, -0.15) is 0 Å². The Bertz CT molecular complexity index is 409. The molecule has 0 radical (unpaired) electrons. The molecule has 0 amide bonds. The molecule has 4 heteroatoms. The minimum absolute atomic E-state index is 0.246. The SMILES string of the molecule is Cc1cc2c(cc1C(N)C(C)(C)O)OCO2. The van der Waals surface area contributed by atoms with E-state index in [-0.39, 0.29) is 6.79 Å². The predicted octanol–water partition coefficient (Wildman–Crippen LogP) is 1.49. The third-order valence-electron chi connectivity index (χ3n) is 2.86. The highest BCUT2D eigenvalue weighted by Crippen LogP contribution is 2.37. The van der Waals surface area contributed by atoms with Crippen LogP contribution in [0.25, 0.3) is 0 Å². The van der Waals surface area contributed by atoms with Crippen LogP contribution in [0.1, 0.15) is 31.0 Å². The summed E-state index contributed by atoms with van der Waals surface area (Å²) in [5.41, 5.74) is 6.95. The fourth-order valence-electron chi connectivity index (χ4n) is 1.77. The van der Waals surface area contributed by atoms with Gasteiger partial charge in [0.1, 0.15) is 0 Å². The fourth-order valence-corrected chi connectivity index (χ4v) is 1.77. The van der Waals surface area contributed by atoms with Gasteiger partial charge in [0, 0.05) is 0 Å². The number of benzene rings is 1. The van der Waals surface area contributed by atoms with Crippen LogP contribution in [0.4, 0.5) is 0 Å². The second-order valence-electron chi connectivity index (χ2n) is 4.69. The van der Waals surface area contributed by atoms with E-state index in [1.54, 1.807) is 13.8 Å². The second kappa shape index (κ2) is 3.64. The third-order valence-corrected chi connectivity index (χ3v) is 2.86. The first-order valence-corrected chi connectivity index (χ1v) is 5.27. The van der Waals surface area contributed by atoms with E-state index < -0.39 is 11.6 Å². The molecule has 0 fully saturated rings. The highest BCUT2D eigenvalue weighted by atomic mass is 16.7. The average molecular weight is 223 g/mol. The van der Waals surface area contributed by atoms with Gasteiger partial charge >= 0.3 is 0 Å². The molecule has 1 aliphatic rings. The zero-order chi connectivity index (χ0) is 11.9. The summed E-state index contributed by atoms with van der Waals surface area (Å²) in [6.07, 6.45) is 0. The van der Waals surface area contributed by atoms with E-state index in [1.807, 2.05) is 19.1 Å². The zero-order valence-electron chi connectivity index (χ0n) is 9.78. The van der Waals surface area contributed by atoms with Gasteiger partial charge in [-0.05, 0) is 44.0 Å². The molecule has 0 spiro atoms. The summed E-state index contributed by atoms with van der Waals surface area (Å²) in [6.45, 7) is 5.59. The highest BCUT2D eigenvalue weighted by Gasteiger charge is 2.28. The van der Waals surface area contributed by atoms with Crippen molar-refractivity contribution in [2.45, 2.75) is 32.4 Å². The lowest BCUT2D eigenvalue weighted by Crippen LogP contribution is -2.35. The highest BCUT2D eigenvalue weighted by molar-refractivity contribution is 5.49. The van der Waals surface area contributed by atoms with Crippen molar-refractivity contribution in [1.82, 2.24) is 0 Å². The molecule has 1 atom stereocenters. The van der Waals surface area contributed by atoms with E-state index in [0.717, 1.165) is 16.9 Å². The van der Waals surface area contributed by atoms with Gasteiger partial charge in [-0.1, -0.05) is 0 Å². The lowest BCUT2D eigenvalue weighted by molar-refractivity contribution is 0.0514. The van der Waals surface area contributed by atoms with Gasteiger partial charge in [0.15, 0.2) is 11.5 Å². The Morgan fingerprint density at radius 1 is 1.31 bits per heavy atom. The molecule has 0 aromatic heterocycles. The molecule has 1 aliphatic heterocycles. The maximum atomic E-state index is 9.92. The van der Waals surface area contributed by atoms with E-state index in [1.165, 1.54) is 0 Å². The molecule has 88 valence electrons. The topological polar surface area (TPSA) is 64.7 Å². The number of hydrogen-bond donors (Lipinski definition) is 2. The number of rotatable bonds is 2. The van der Waals surface area contributed by atoms with Crippen LogP contribution in [0.15, 0.2) is 12.1 Å². The molecule has 16 heavy (non-hydrogen) atoms. The Kier molecular flexibility index (Phi) is 2.56. The Labute approximate surface area is 95.0 Å². The second-order valence-corrected chi connectivity index (χ2v) is 4.69. The predicted molar refractivity (Wildman–Crippen MR) is 60.5 cm³/mol. The lowest BCUT2D eigenvalue weighted by atomic mass is 9.90. The molecule has 1 aromatic rings. The van der Waals surface area contributed by atoms with E-state index in [2.05, 4.69) is 0 Å². The fraction of sp³-hybridized carbons (Fsp3) is 0.500. The maximum Gasteiger partial charge on any atom is 0.231 e. The van der Waals surface area contributed by atoms with Gasteiger partial charge in [-0.25, -0.2) is 0 Å². The molecule has 4 nitrogen and oxygen atoms in total. The summed E-state index contributed by atoms with van der Waals surface area (Å²) in [5, 5.41) is 9.92. The first-order chi connectivity index (χ1) is 7.39. The Hall–Kier alpha value is -1.26. The summed E-state index contributed by atoms with van der Waals surface area (Å²) >= 11 is 0. The van der Waals surface area contributed by atoms with Gasteiger partial charge in [0.05, 0.1) is 11.6 Å². The summed E-state index contributed by atoms with van der Waals surface area (Å²) in [7, 11) is 0. The van der Waals surface area contributed by atoms with Crippen LogP contribution in [0.2, 0.25) is 0 Å². The normalized spacial score (nSPS) is 16.3. The van der Waals surface area contributed by atoms with Crippen molar-refractivity contribution in [3.05, 3.63) is 23.3 Å². The molecule has 1 heterocycles. The van der Waals surface area contributed by atoms with E-state index in [4.69, 9.17) is 15.2 Å². The van der Waals surface area contributed by atoms with Gasteiger partial charge in [0.25, 0.3) is 0 Å². The Morgan fingerprint density at radius 3 is 2.44 bits per heavy atom. The van der Waals surface area contributed by atoms with Crippen molar-refractivity contribution < 1.29 is 14.6 Å². The zero-order valence-corrected chi connectivity index (χ0v) is 9.78. The minimum Gasteiger partial charge on any atom is -0.454 e. The van der Waals surface area contributed by atoms with Gasteiger partial charge in [0.2, 0.25) is 6.79 Å². The minimum atomic E-state index is -0.960. The van der Waals surface area contributed by atoms with Crippen molar-refractivity contribution in [3.8, 4) is 11.5 Å². The van der Waals surface area contributed by atoms with Gasteiger partial charge in [-0.3, -0.25) is 0 Å². The van der Waals surface area contributed by atoms with Crippen molar-refractivity contribution in [1.29, 1.82) is 0 Å². The maximum absolute atomic E-state index is 9.92. The summed E-state index contributed by atoms with van der Waals surface area (Å²) < 4.78 is 10.6. The van der Waals surface area contributed by atoms with Crippen LogP contribution in [0.3, 0.4) is 0 Å². The monoisotopic (exact) mass is 223 g/mol. The van der Waals surface area contributed by atoms with E-state index >= 15 is 0 Å². The van der Waals surface area contributed by atoms with Crippen LogP contribution in [0, 0.1) is 6.92 Å². The lowest BCUT2D eigenvalue weighted by Gasteiger charge is -2.27. The summed E-state index contributed by atoms with van der Waals surface area (Å²) in [6, 6.07) is 3.30. The Balaban J connectivity index is 2.42. The molecular weight excluding hydrogens is 206 g/mol. The molecule has 0 saturated carbocycles. The van der Waals surface area contributed by atoms with Crippen LogP contribution < -0.4 is 15.2 Å². The van der Waals surface area contributed by atoms with Crippen molar-refractivity contribution >= 4 is 0 Å². The van der Waals surface area contributed by atoms with Crippen LogP contribution in [-0.2, 0) is 0 Å². The number of hydrogen-bond acceptors (Lipinski definition) is 4. The molecular formula is C12H17NO3. The van der Waals surface area contributed by atoms with Crippen LogP contribution >= 0.6 is 0 Å². The number of ether oxygens (including phenoxy) is 2. The standard InChI is InChI=1S/C12H17NO3/c1-7-4-9-10(16-6-15-9)5-8(7)11(13)12(2,3)14/h4-5,11,14H,6,13H2,1-3H3. The molecule has 0 bridgehead atoms. The van der Waals surface area contributed by atoms with Crippen LogP contribution in [-0.4, -0.2) is 17.5 Å². The van der Waals surface area contributed by atoms with Gasteiger partial charge < -0.3 is 20.3 Å². The smallest absolute Gasteiger partial charge is 0.231 e. The molecule has 0 aliphatic carbocycles. The molecule has 2 rings (SSSR count). The van der Waals surface area contributed by atoms with E-state index in [9.17, 15) is 5.11 Å². The van der Waals surface area contributed by atoms with Gasteiger partial charge in [-0.15, -0.1) is 0 Å². The molecule has 1 aromatic carbocycles. The number of aliphatic hydroxyl groups is 1.